The van der Waals surface area contributed by atoms with Crippen molar-refractivity contribution in [1.29, 1.82) is 0 Å². The van der Waals surface area contributed by atoms with Gasteiger partial charge in [0, 0.05) is 50.4 Å². The highest BCUT2D eigenvalue weighted by Gasteiger charge is 2.37. The fourth-order valence-electron chi connectivity index (χ4n) is 5.58. The molecule has 10 heteroatoms. The molecule has 1 aliphatic carbocycles. The average molecular weight is 550 g/mol. The lowest BCUT2D eigenvalue weighted by Gasteiger charge is -2.39. The number of nitrogens with two attached hydrogens (primary N) is 2. The van der Waals surface area contributed by atoms with E-state index >= 15 is 0 Å². The fourth-order valence-corrected chi connectivity index (χ4v) is 5.58. The minimum absolute atomic E-state index is 0.0955. The number of likely N-dealkylation sites (tertiary alicyclic amines) is 1. The molecule has 0 saturated carbocycles. The van der Waals surface area contributed by atoms with Crippen LogP contribution in [0.3, 0.4) is 0 Å². The number of nitrogens with zero attached hydrogens (tertiary/aromatic N) is 2. The number of halogens is 3. The molecule has 0 bridgehead atoms. The third-order valence-electron chi connectivity index (χ3n) is 7.96. The van der Waals surface area contributed by atoms with Crippen molar-refractivity contribution in [1.82, 2.24) is 15.1 Å². The second-order valence-corrected chi connectivity index (χ2v) is 10.7. The molecule has 5 N–H and O–H groups in total. The van der Waals surface area contributed by atoms with E-state index in [0.29, 0.717) is 30.9 Å². The van der Waals surface area contributed by atoms with Crippen LogP contribution in [0.5, 0.6) is 0 Å². The first-order chi connectivity index (χ1) is 18.5. The molecular weight excluding hydrogens is 507 g/mol. The minimum Gasteiger partial charge on any atom is -0.405 e. The number of hydrogen-bond acceptors (Lipinski definition) is 5. The second-order valence-electron chi connectivity index (χ2n) is 10.7. The van der Waals surface area contributed by atoms with E-state index in [9.17, 15) is 22.8 Å². The van der Waals surface area contributed by atoms with Crippen molar-refractivity contribution < 1.29 is 22.8 Å². The predicted molar refractivity (Wildman–Crippen MR) is 146 cm³/mol. The first-order valence-electron chi connectivity index (χ1n) is 13.8. The number of carbonyl (C=O) groups is 2. The molecule has 7 nitrogen and oxygen atoms in total. The van der Waals surface area contributed by atoms with Crippen LogP contribution in [0.25, 0.3) is 0 Å². The molecule has 1 saturated heterocycles. The number of carbonyl (C=O) groups excluding carboxylic acids is 2. The SMILES string of the molecule is CCC(=O)N1C[C@H](CN2C=CC/C2=C(/N)C2=CC[C@H](C(=O)NCC[C@H](/C=C\N)C(F)(F)F)C(C)=C2)CC[C@@H]1C. The van der Waals surface area contributed by atoms with Gasteiger partial charge in [-0.3, -0.25) is 9.59 Å². The van der Waals surface area contributed by atoms with Gasteiger partial charge in [0.25, 0.3) is 0 Å². The van der Waals surface area contributed by atoms with Crippen molar-refractivity contribution in [3.63, 3.8) is 0 Å². The highest BCUT2D eigenvalue weighted by molar-refractivity contribution is 5.82. The van der Waals surface area contributed by atoms with Gasteiger partial charge >= 0.3 is 6.18 Å². The quantitative estimate of drug-likeness (QED) is 0.394. The Hall–Kier alpha value is -3.17. The Morgan fingerprint density at radius 2 is 2.03 bits per heavy atom. The predicted octanol–water partition coefficient (Wildman–Crippen LogP) is 4.46. The van der Waals surface area contributed by atoms with Gasteiger partial charge in [-0.1, -0.05) is 36.8 Å². The molecule has 2 aliphatic heterocycles. The molecule has 216 valence electrons. The van der Waals surface area contributed by atoms with Gasteiger partial charge in [0.1, 0.15) is 0 Å². The van der Waals surface area contributed by atoms with Crippen molar-refractivity contribution in [2.45, 2.75) is 71.5 Å². The summed E-state index contributed by atoms with van der Waals surface area (Å²) >= 11 is 0. The van der Waals surface area contributed by atoms with Gasteiger partial charge in [-0.2, -0.15) is 13.2 Å². The molecule has 0 spiro atoms. The summed E-state index contributed by atoms with van der Waals surface area (Å²) in [7, 11) is 0. The summed E-state index contributed by atoms with van der Waals surface area (Å²) in [5, 5.41) is 2.64. The summed E-state index contributed by atoms with van der Waals surface area (Å²) in [5.74, 6) is -1.91. The fraction of sp³-hybridized carbons (Fsp3) is 0.586. The Kier molecular flexibility index (Phi) is 10.3. The van der Waals surface area contributed by atoms with E-state index < -0.39 is 18.0 Å². The highest BCUT2D eigenvalue weighted by Crippen LogP contribution is 2.33. The van der Waals surface area contributed by atoms with Crippen LogP contribution in [0.15, 0.2) is 59.2 Å². The number of piperidine rings is 1. The van der Waals surface area contributed by atoms with Crippen LogP contribution >= 0.6 is 0 Å². The maximum Gasteiger partial charge on any atom is 0.395 e. The molecular formula is C29H42F3N5O2. The number of amides is 2. The van der Waals surface area contributed by atoms with Crippen LogP contribution in [0.1, 0.15) is 59.3 Å². The van der Waals surface area contributed by atoms with Crippen LogP contribution < -0.4 is 16.8 Å². The summed E-state index contributed by atoms with van der Waals surface area (Å²) in [6.07, 6.45) is 8.74. The van der Waals surface area contributed by atoms with Gasteiger partial charge in [0.2, 0.25) is 11.8 Å². The van der Waals surface area contributed by atoms with E-state index in [1.807, 2.05) is 30.9 Å². The standard InChI is InChI=1S/C29H42F3N5O2/c1-4-26(38)37-18-21(8-7-20(37)3)17-36-15-5-6-25(36)27(34)22-9-10-24(19(2)16-22)28(39)35-14-12-23(11-13-33)29(30,31)32/h5,9,11,13,15-16,20-21,23-24H,4,6-8,10,12,14,17-18,33-34H2,1-3H3,(H,35,39)/b13-11-,27-25-/t20-,21-,23-,24-/m0/s1. The zero-order chi connectivity index (χ0) is 28.7. The summed E-state index contributed by atoms with van der Waals surface area (Å²) in [5.41, 5.74) is 15.1. The number of alkyl halides is 3. The van der Waals surface area contributed by atoms with Crippen molar-refractivity contribution in [3.05, 3.63) is 59.2 Å². The van der Waals surface area contributed by atoms with E-state index in [2.05, 4.69) is 29.4 Å². The first kappa shape index (κ1) is 30.4. The van der Waals surface area contributed by atoms with Crippen molar-refractivity contribution in [2.75, 3.05) is 19.6 Å². The van der Waals surface area contributed by atoms with Crippen LogP contribution in [0.2, 0.25) is 0 Å². The molecule has 3 rings (SSSR count). The zero-order valence-corrected chi connectivity index (χ0v) is 23.1. The molecule has 0 aromatic heterocycles. The summed E-state index contributed by atoms with van der Waals surface area (Å²) in [4.78, 5) is 29.3. The highest BCUT2D eigenvalue weighted by atomic mass is 19.4. The van der Waals surface area contributed by atoms with Crippen LogP contribution in [0.4, 0.5) is 13.2 Å². The molecule has 0 aromatic rings. The van der Waals surface area contributed by atoms with Crippen molar-refractivity contribution >= 4 is 11.8 Å². The van der Waals surface area contributed by atoms with Crippen LogP contribution in [-0.4, -0.2) is 53.5 Å². The topological polar surface area (TPSA) is 105 Å². The summed E-state index contributed by atoms with van der Waals surface area (Å²) < 4.78 is 39.2. The maximum atomic E-state index is 13.1. The van der Waals surface area contributed by atoms with Gasteiger partial charge in [0.05, 0.1) is 17.5 Å². The average Bonchev–Trinajstić information content (AvgIpc) is 3.35. The van der Waals surface area contributed by atoms with E-state index in [0.717, 1.165) is 55.1 Å². The lowest BCUT2D eigenvalue weighted by atomic mass is 9.87. The number of rotatable bonds is 9. The summed E-state index contributed by atoms with van der Waals surface area (Å²) in [6.45, 7) is 7.29. The Morgan fingerprint density at radius 3 is 2.67 bits per heavy atom. The molecule has 0 radical (unpaired) electrons. The smallest absolute Gasteiger partial charge is 0.395 e. The normalized spacial score (nSPS) is 25.9. The summed E-state index contributed by atoms with van der Waals surface area (Å²) in [6, 6.07) is 0.266. The molecule has 2 amide bonds. The maximum absolute atomic E-state index is 13.1. The van der Waals surface area contributed by atoms with Gasteiger partial charge in [0.15, 0.2) is 0 Å². The number of hydrogen-bond donors (Lipinski definition) is 3. The Labute approximate surface area is 229 Å². The van der Waals surface area contributed by atoms with Crippen LogP contribution in [0, 0.1) is 17.8 Å². The van der Waals surface area contributed by atoms with E-state index in [4.69, 9.17) is 11.5 Å². The first-order valence-corrected chi connectivity index (χ1v) is 13.8. The number of allylic oxidation sites excluding steroid dienone is 4. The van der Waals surface area contributed by atoms with Crippen LogP contribution in [-0.2, 0) is 9.59 Å². The Morgan fingerprint density at radius 1 is 1.28 bits per heavy atom. The lowest BCUT2D eigenvalue weighted by molar-refractivity contribution is -0.162. The van der Waals surface area contributed by atoms with E-state index in [1.165, 1.54) is 0 Å². The third kappa shape index (κ3) is 7.70. The molecule has 4 atom stereocenters. The van der Waals surface area contributed by atoms with Gasteiger partial charge in [-0.25, -0.2) is 0 Å². The van der Waals surface area contributed by atoms with Gasteiger partial charge < -0.3 is 26.6 Å². The van der Waals surface area contributed by atoms with Gasteiger partial charge in [-0.05, 0) is 57.2 Å². The van der Waals surface area contributed by atoms with E-state index in [1.54, 1.807) is 0 Å². The minimum atomic E-state index is -4.41. The molecule has 2 heterocycles. The van der Waals surface area contributed by atoms with Gasteiger partial charge in [-0.15, -0.1) is 0 Å². The molecule has 39 heavy (non-hydrogen) atoms. The third-order valence-corrected chi connectivity index (χ3v) is 7.96. The zero-order valence-electron chi connectivity index (χ0n) is 23.1. The molecule has 3 aliphatic rings. The molecule has 1 fully saturated rings. The molecule has 0 unspecified atom stereocenters. The van der Waals surface area contributed by atoms with E-state index in [-0.39, 0.29) is 30.8 Å². The second kappa shape index (κ2) is 13.3. The van der Waals surface area contributed by atoms with Crippen molar-refractivity contribution in [2.24, 2.45) is 29.2 Å². The monoisotopic (exact) mass is 549 g/mol. The lowest BCUT2D eigenvalue weighted by Crippen LogP contribution is -2.47. The molecule has 0 aromatic carbocycles. The Balaban J connectivity index is 1.60. The largest absolute Gasteiger partial charge is 0.405 e. The van der Waals surface area contributed by atoms with Crippen molar-refractivity contribution in [3.8, 4) is 0 Å². The Bertz CT molecular complexity index is 1060. The number of nitrogens with one attached hydrogen (secondary N) is 1.